The lowest BCUT2D eigenvalue weighted by Crippen LogP contribution is -2.08. The van der Waals surface area contributed by atoms with Crippen LogP contribution < -0.4 is 0 Å². The number of carboxylic acids is 1. The van der Waals surface area contributed by atoms with E-state index in [9.17, 15) is 4.79 Å². The van der Waals surface area contributed by atoms with E-state index in [1.165, 1.54) is 11.1 Å². The van der Waals surface area contributed by atoms with Gasteiger partial charge in [-0.1, -0.05) is 24.3 Å². The number of hydrogen-bond donors (Lipinski definition) is 1. The zero-order valence-electron chi connectivity index (χ0n) is 8.90. The molecule has 0 aliphatic carbocycles. The first kappa shape index (κ1) is 11.7. The van der Waals surface area contributed by atoms with Crippen LogP contribution >= 0.6 is 0 Å². The van der Waals surface area contributed by atoms with Crippen LogP contribution in [0.3, 0.4) is 0 Å². The van der Waals surface area contributed by atoms with Gasteiger partial charge in [-0.05, 0) is 30.9 Å². The van der Waals surface area contributed by atoms with Crippen molar-refractivity contribution in [2.75, 3.05) is 13.2 Å². The Labute approximate surface area is 89.7 Å². The van der Waals surface area contributed by atoms with Gasteiger partial charge in [0.15, 0.2) is 0 Å². The zero-order chi connectivity index (χ0) is 11.1. The molecular weight excluding hydrogens is 192 g/mol. The van der Waals surface area contributed by atoms with Crippen molar-refractivity contribution in [2.45, 2.75) is 19.8 Å². The van der Waals surface area contributed by atoms with Crippen LogP contribution in [0.2, 0.25) is 0 Å². The van der Waals surface area contributed by atoms with Crippen LogP contribution in [0.5, 0.6) is 0 Å². The number of rotatable bonds is 6. The van der Waals surface area contributed by atoms with Crippen molar-refractivity contribution in [1.82, 2.24) is 0 Å². The summed E-state index contributed by atoms with van der Waals surface area (Å²) >= 11 is 0. The molecule has 0 radical (unpaired) electrons. The monoisotopic (exact) mass is 208 g/mol. The number of carbonyl (C=O) groups is 1. The van der Waals surface area contributed by atoms with Gasteiger partial charge in [0.1, 0.15) is 6.61 Å². The first-order valence-corrected chi connectivity index (χ1v) is 5.04. The zero-order valence-corrected chi connectivity index (χ0v) is 8.90. The summed E-state index contributed by atoms with van der Waals surface area (Å²) < 4.78 is 4.96. The summed E-state index contributed by atoms with van der Waals surface area (Å²) in [6.45, 7) is 2.38. The van der Waals surface area contributed by atoms with Crippen molar-refractivity contribution >= 4 is 5.97 Å². The van der Waals surface area contributed by atoms with Crippen molar-refractivity contribution in [1.29, 1.82) is 0 Å². The molecule has 3 heteroatoms. The summed E-state index contributed by atoms with van der Waals surface area (Å²) in [5.41, 5.74) is 2.58. The molecule has 0 bridgehead atoms. The van der Waals surface area contributed by atoms with Gasteiger partial charge >= 0.3 is 5.97 Å². The second-order valence-electron chi connectivity index (χ2n) is 3.48. The van der Waals surface area contributed by atoms with Crippen molar-refractivity contribution in [3.05, 3.63) is 35.4 Å². The smallest absolute Gasteiger partial charge is 0.329 e. The Bertz CT molecular complexity index is 320. The molecule has 0 aliphatic rings. The van der Waals surface area contributed by atoms with E-state index in [1.807, 2.05) is 12.1 Å². The lowest BCUT2D eigenvalue weighted by molar-refractivity contribution is -0.142. The van der Waals surface area contributed by atoms with Gasteiger partial charge < -0.3 is 9.84 Å². The average Bonchev–Trinajstić information content (AvgIpc) is 2.20. The third-order valence-electron chi connectivity index (χ3n) is 2.22. The number of aliphatic carboxylic acids is 1. The van der Waals surface area contributed by atoms with Gasteiger partial charge in [-0.2, -0.15) is 0 Å². The highest BCUT2D eigenvalue weighted by molar-refractivity contribution is 5.67. The number of carboxylic acid groups (broad SMARTS) is 1. The van der Waals surface area contributed by atoms with Gasteiger partial charge in [0.2, 0.25) is 0 Å². The summed E-state index contributed by atoms with van der Waals surface area (Å²) in [4.78, 5) is 10.2. The fourth-order valence-corrected chi connectivity index (χ4v) is 1.41. The first-order valence-electron chi connectivity index (χ1n) is 5.04. The summed E-state index contributed by atoms with van der Waals surface area (Å²) in [6, 6.07) is 8.19. The lowest BCUT2D eigenvalue weighted by atomic mass is 10.0. The Kier molecular flexibility index (Phi) is 4.84. The maximum atomic E-state index is 10.2. The number of ether oxygens (including phenoxy) is 1. The largest absolute Gasteiger partial charge is 0.480 e. The Balaban J connectivity index is 2.21. The molecule has 1 N–H and O–H groups in total. The summed E-state index contributed by atoms with van der Waals surface area (Å²) in [5.74, 6) is -0.911. The number of hydrogen-bond acceptors (Lipinski definition) is 2. The topological polar surface area (TPSA) is 46.5 Å². The fraction of sp³-hybridized carbons (Fsp3) is 0.417. The highest BCUT2D eigenvalue weighted by Crippen LogP contribution is 2.09. The second-order valence-corrected chi connectivity index (χ2v) is 3.48. The van der Waals surface area contributed by atoms with Crippen molar-refractivity contribution in [2.24, 2.45) is 0 Å². The van der Waals surface area contributed by atoms with Crippen molar-refractivity contribution < 1.29 is 14.6 Å². The quantitative estimate of drug-likeness (QED) is 0.727. The van der Waals surface area contributed by atoms with Crippen LogP contribution in [-0.4, -0.2) is 24.3 Å². The van der Waals surface area contributed by atoms with Gasteiger partial charge in [0, 0.05) is 6.61 Å². The highest BCUT2D eigenvalue weighted by atomic mass is 16.5. The molecule has 0 fully saturated rings. The molecule has 0 atom stereocenters. The second kappa shape index (κ2) is 6.19. The molecule has 0 spiro atoms. The summed E-state index contributed by atoms with van der Waals surface area (Å²) in [6.07, 6.45) is 1.80. The predicted molar refractivity (Wildman–Crippen MR) is 58.0 cm³/mol. The van der Waals surface area contributed by atoms with Gasteiger partial charge in [-0.25, -0.2) is 4.79 Å². The molecule has 0 aromatic heterocycles. The maximum Gasteiger partial charge on any atom is 0.329 e. The molecule has 1 aromatic carbocycles. The van der Waals surface area contributed by atoms with E-state index >= 15 is 0 Å². The molecule has 1 aromatic rings. The van der Waals surface area contributed by atoms with E-state index in [1.54, 1.807) is 0 Å². The summed E-state index contributed by atoms with van der Waals surface area (Å²) in [5, 5.41) is 8.35. The van der Waals surface area contributed by atoms with E-state index in [-0.39, 0.29) is 6.61 Å². The average molecular weight is 208 g/mol. The molecule has 0 heterocycles. The Hall–Kier alpha value is -1.35. The van der Waals surface area contributed by atoms with Gasteiger partial charge in [0.05, 0.1) is 0 Å². The minimum absolute atomic E-state index is 0.201. The van der Waals surface area contributed by atoms with Crippen molar-refractivity contribution in [3.63, 3.8) is 0 Å². The number of benzene rings is 1. The van der Waals surface area contributed by atoms with E-state index in [4.69, 9.17) is 9.84 Å². The third kappa shape index (κ3) is 4.61. The van der Waals surface area contributed by atoms with Crippen LogP contribution in [0.1, 0.15) is 17.5 Å². The van der Waals surface area contributed by atoms with Crippen LogP contribution in [0.15, 0.2) is 24.3 Å². The van der Waals surface area contributed by atoms with Crippen molar-refractivity contribution in [3.8, 4) is 0 Å². The molecule has 0 unspecified atom stereocenters. The van der Waals surface area contributed by atoms with E-state index in [2.05, 4.69) is 19.1 Å². The predicted octanol–water partition coefficient (Wildman–Crippen LogP) is 2.03. The fourth-order valence-electron chi connectivity index (χ4n) is 1.41. The Morgan fingerprint density at radius 2 is 2.13 bits per heavy atom. The first-order chi connectivity index (χ1) is 7.20. The SMILES string of the molecule is Cc1ccccc1CCCOCC(=O)O. The molecule has 3 nitrogen and oxygen atoms in total. The Morgan fingerprint density at radius 1 is 1.40 bits per heavy atom. The molecular formula is C12H16O3. The van der Waals surface area contributed by atoms with E-state index < -0.39 is 5.97 Å². The molecule has 1 rings (SSSR count). The number of aryl methyl sites for hydroxylation is 2. The minimum Gasteiger partial charge on any atom is -0.480 e. The minimum atomic E-state index is -0.911. The Morgan fingerprint density at radius 3 is 2.80 bits per heavy atom. The third-order valence-corrected chi connectivity index (χ3v) is 2.22. The maximum absolute atomic E-state index is 10.2. The molecule has 82 valence electrons. The molecule has 15 heavy (non-hydrogen) atoms. The van der Waals surface area contributed by atoms with Gasteiger partial charge in [-0.3, -0.25) is 0 Å². The van der Waals surface area contributed by atoms with Crippen LogP contribution in [0.4, 0.5) is 0 Å². The van der Waals surface area contributed by atoms with E-state index in [0.29, 0.717) is 6.61 Å². The van der Waals surface area contributed by atoms with Crippen LogP contribution in [0.25, 0.3) is 0 Å². The molecule has 0 aliphatic heterocycles. The summed E-state index contributed by atoms with van der Waals surface area (Å²) in [7, 11) is 0. The van der Waals surface area contributed by atoms with Crippen LogP contribution in [0, 0.1) is 6.92 Å². The molecule has 0 saturated heterocycles. The normalized spacial score (nSPS) is 10.2. The van der Waals surface area contributed by atoms with E-state index in [0.717, 1.165) is 12.8 Å². The van der Waals surface area contributed by atoms with Gasteiger partial charge in [0.25, 0.3) is 0 Å². The molecule has 0 saturated carbocycles. The highest BCUT2D eigenvalue weighted by Gasteiger charge is 1.98. The molecule has 0 amide bonds. The lowest BCUT2D eigenvalue weighted by Gasteiger charge is -2.05. The van der Waals surface area contributed by atoms with Gasteiger partial charge in [-0.15, -0.1) is 0 Å². The van der Waals surface area contributed by atoms with Crippen LogP contribution in [-0.2, 0) is 16.0 Å². The standard InChI is InChI=1S/C12H16O3/c1-10-5-2-3-6-11(10)7-4-8-15-9-12(13)14/h2-3,5-6H,4,7-9H2,1H3,(H,13,14).